The molecule has 17 heavy (non-hydrogen) atoms. The summed E-state index contributed by atoms with van der Waals surface area (Å²) in [5.41, 5.74) is 5.26. The highest BCUT2D eigenvalue weighted by Gasteiger charge is 2.19. The van der Waals surface area contributed by atoms with Crippen molar-refractivity contribution in [2.24, 2.45) is 5.73 Å². The van der Waals surface area contributed by atoms with Gasteiger partial charge in [0.15, 0.2) is 0 Å². The molecule has 0 aliphatic rings. The van der Waals surface area contributed by atoms with Crippen LogP contribution in [-0.4, -0.2) is 47.3 Å². The van der Waals surface area contributed by atoms with Gasteiger partial charge in [0, 0.05) is 0 Å². The van der Waals surface area contributed by atoms with Gasteiger partial charge in [-0.3, -0.25) is 4.79 Å². The number of nitrogens with two attached hydrogens (primary N) is 1. The lowest BCUT2D eigenvalue weighted by Gasteiger charge is -2.14. The van der Waals surface area contributed by atoms with Gasteiger partial charge in [0.1, 0.15) is 12.6 Å². The molecule has 2 amide bonds. The normalized spacial score (nSPS) is 11.6. The zero-order valence-corrected chi connectivity index (χ0v) is 9.31. The molecule has 8 heteroatoms. The molecule has 6 N–H and O–H groups in total. The van der Waals surface area contributed by atoms with Crippen molar-refractivity contribution in [1.82, 2.24) is 10.6 Å². The van der Waals surface area contributed by atoms with E-state index in [1.54, 1.807) is 0 Å². The third-order valence-electron chi connectivity index (χ3n) is 1.95. The second-order valence-corrected chi connectivity index (χ2v) is 3.40. The van der Waals surface area contributed by atoms with Gasteiger partial charge >= 0.3 is 18.0 Å². The average Bonchev–Trinajstić information content (AvgIpc) is 2.25. The summed E-state index contributed by atoms with van der Waals surface area (Å²) in [5, 5.41) is 21.3. The number of carbonyl (C=O) groups excluding carboxylic acids is 1. The first kappa shape index (κ1) is 15.2. The van der Waals surface area contributed by atoms with Crippen LogP contribution < -0.4 is 16.4 Å². The Morgan fingerprint density at radius 3 is 2.29 bits per heavy atom. The van der Waals surface area contributed by atoms with E-state index in [0.717, 1.165) is 0 Å². The summed E-state index contributed by atoms with van der Waals surface area (Å²) in [6, 6.07) is -1.84. The number of nitrogens with one attached hydrogen (secondary N) is 2. The van der Waals surface area contributed by atoms with Crippen molar-refractivity contribution in [3.05, 3.63) is 0 Å². The monoisotopic (exact) mass is 247 g/mol. The average molecular weight is 247 g/mol. The van der Waals surface area contributed by atoms with Crippen LogP contribution in [0.5, 0.6) is 0 Å². The van der Waals surface area contributed by atoms with Crippen LogP contribution >= 0.6 is 0 Å². The van der Waals surface area contributed by atoms with Crippen molar-refractivity contribution in [2.45, 2.75) is 25.3 Å². The maximum atomic E-state index is 11.1. The Morgan fingerprint density at radius 1 is 1.18 bits per heavy atom. The van der Waals surface area contributed by atoms with Crippen molar-refractivity contribution in [1.29, 1.82) is 0 Å². The number of hydrogen-bond acceptors (Lipinski definition) is 4. The van der Waals surface area contributed by atoms with E-state index in [9.17, 15) is 14.4 Å². The molecular formula is C9H17N3O5. The largest absolute Gasteiger partial charge is 0.480 e. The Kier molecular flexibility index (Phi) is 7.44. The molecule has 0 radical (unpaired) electrons. The van der Waals surface area contributed by atoms with E-state index >= 15 is 0 Å². The predicted octanol–water partition coefficient (Wildman–Crippen LogP) is -1.05. The Morgan fingerprint density at radius 2 is 1.82 bits per heavy atom. The predicted molar refractivity (Wildman–Crippen MR) is 58.5 cm³/mol. The number of rotatable bonds is 8. The summed E-state index contributed by atoms with van der Waals surface area (Å²) < 4.78 is 0. The molecule has 0 aliphatic carbocycles. The van der Waals surface area contributed by atoms with Crippen LogP contribution in [0.25, 0.3) is 0 Å². The number of carboxylic acid groups (broad SMARTS) is 2. The number of carbonyl (C=O) groups is 3. The van der Waals surface area contributed by atoms with E-state index in [2.05, 4.69) is 5.32 Å². The Balaban J connectivity index is 4.02. The van der Waals surface area contributed by atoms with Gasteiger partial charge in [0.2, 0.25) is 0 Å². The van der Waals surface area contributed by atoms with Crippen LogP contribution in [0, 0.1) is 0 Å². The topological polar surface area (TPSA) is 142 Å². The van der Waals surface area contributed by atoms with Gasteiger partial charge in [-0.25, -0.2) is 9.59 Å². The highest BCUT2D eigenvalue weighted by Crippen LogP contribution is 2.00. The molecule has 0 aromatic heterocycles. The van der Waals surface area contributed by atoms with E-state index in [-0.39, 0.29) is 6.42 Å². The molecular weight excluding hydrogens is 230 g/mol. The summed E-state index contributed by atoms with van der Waals surface area (Å²) in [7, 11) is 0. The number of carboxylic acids is 2. The minimum atomic E-state index is -1.20. The fraction of sp³-hybridized carbons (Fsp3) is 0.667. The van der Waals surface area contributed by atoms with Crippen molar-refractivity contribution in [3.8, 4) is 0 Å². The summed E-state index contributed by atoms with van der Waals surface area (Å²) in [6.45, 7) is -0.0987. The SMILES string of the molecule is NCCCC[C@H](NC(=O)NCC(=O)O)C(=O)O. The first-order valence-corrected chi connectivity index (χ1v) is 5.16. The molecule has 0 heterocycles. The van der Waals surface area contributed by atoms with Gasteiger partial charge in [0.25, 0.3) is 0 Å². The van der Waals surface area contributed by atoms with Crippen LogP contribution in [0.15, 0.2) is 0 Å². The second kappa shape index (κ2) is 8.34. The van der Waals surface area contributed by atoms with Crippen LogP contribution in [0.1, 0.15) is 19.3 Å². The maximum absolute atomic E-state index is 11.1. The summed E-state index contributed by atoms with van der Waals surface area (Å²) in [5.74, 6) is -2.36. The zero-order valence-electron chi connectivity index (χ0n) is 9.31. The van der Waals surface area contributed by atoms with Gasteiger partial charge in [-0.1, -0.05) is 0 Å². The van der Waals surface area contributed by atoms with Gasteiger partial charge in [-0.2, -0.15) is 0 Å². The van der Waals surface area contributed by atoms with Crippen molar-refractivity contribution >= 4 is 18.0 Å². The molecule has 0 fully saturated rings. The number of aliphatic carboxylic acids is 2. The molecule has 0 saturated carbocycles. The maximum Gasteiger partial charge on any atom is 0.326 e. The first-order chi connectivity index (χ1) is 7.97. The van der Waals surface area contributed by atoms with Crippen LogP contribution in [0.4, 0.5) is 4.79 Å². The van der Waals surface area contributed by atoms with E-state index in [4.69, 9.17) is 15.9 Å². The lowest BCUT2D eigenvalue weighted by molar-refractivity contribution is -0.139. The number of unbranched alkanes of at least 4 members (excludes halogenated alkanes) is 1. The van der Waals surface area contributed by atoms with E-state index < -0.39 is 30.6 Å². The molecule has 0 aliphatic heterocycles. The van der Waals surface area contributed by atoms with E-state index in [0.29, 0.717) is 19.4 Å². The molecule has 0 rings (SSSR count). The first-order valence-electron chi connectivity index (χ1n) is 5.16. The minimum Gasteiger partial charge on any atom is -0.480 e. The number of amides is 2. The van der Waals surface area contributed by atoms with Gasteiger partial charge < -0.3 is 26.6 Å². The highest BCUT2D eigenvalue weighted by molar-refractivity contribution is 5.84. The van der Waals surface area contributed by atoms with Crippen molar-refractivity contribution in [3.63, 3.8) is 0 Å². The molecule has 0 unspecified atom stereocenters. The number of urea groups is 1. The highest BCUT2D eigenvalue weighted by atomic mass is 16.4. The van der Waals surface area contributed by atoms with E-state index in [1.165, 1.54) is 0 Å². The Hall–Kier alpha value is -1.83. The second-order valence-electron chi connectivity index (χ2n) is 3.40. The Labute approximate surface area is 98.2 Å². The fourth-order valence-electron chi connectivity index (χ4n) is 1.12. The molecule has 0 aromatic rings. The zero-order chi connectivity index (χ0) is 13.3. The fourth-order valence-corrected chi connectivity index (χ4v) is 1.12. The molecule has 0 bridgehead atoms. The van der Waals surface area contributed by atoms with Crippen molar-refractivity contribution < 1.29 is 24.6 Å². The molecule has 0 aromatic carbocycles. The van der Waals surface area contributed by atoms with E-state index in [1.807, 2.05) is 5.32 Å². The van der Waals surface area contributed by atoms with Gasteiger partial charge in [-0.05, 0) is 25.8 Å². The lowest BCUT2D eigenvalue weighted by Crippen LogP contribution is -2.47. The molecule has 98 valence electrons. The molecule has 8 nitrogen and oxygen atoms in total. The van der Waals surface area contributed by atoms with Crippen molar-refractivity contribution in [2.75, 3.05) is 13.1 Å². The smallest absolute Gasteiger partial charge is 0.326 e. The molecule has 0 saturated heterocycles. The Bertz CT molecular complexity index is 282. The van der Waals surface area contributed by atoms with Gasteiger partial charge in [0.05, 0.1) is 0 Å². The third-order valence-corrected chi connectivity index (χ3v) is 1.95. The quantitative estimate of drug-likeness (QED) is 0.346. The van der Waals surface area contributed by atoms with Crippen LogP contribution in [0.3, 0.4) is 0 Å². The summed E-state index contributed by atoms with van der Waals surface area (Å²) in [4.78, 5) is 32.1. The van der Waals surface area contributed by atoms with Crippen LogP contribution in [-0.2, 0) is 9.59 Å². The third kappa shape index (κ3) is 8.03. The lowest BCUT2D eigenvalue weighted by atomic mass is 10.1. The van der Waals surface area contributed by atoms with Gasteiger partial charge in [-0.15, -0.1) is 0 Å². The molecule has 1 atom stereocenters. The number of hydrogen-bond donors (Lipinski definition) is 5. The minimum absolute atomic E-state index is 0.257. The summed E-state index contributed by atoms with van der Waals surface area (Å²) >= 11 is 0. The summed E-state index contributed by atoms with van der Waals surface area (Å²) in [6.07, 6.45) is 1.50. The standard InChI is InChI=1S/C9H17N3O5/c10-4-2-1-3-6(8(15)16)12-9(17)11-5-7(13)14/h6H,1-5,10H2,(H,13,14)(H,15,16)(H2,11,12,17)/t6-/m0/s1. The van der Waals surface area contributed by atoms with Crippen LogP contribution in [0.2, 0.25) is 0 Å². The molecule has 0 spiro atoms.